The second kappa shape index (κ2) is 5.99. The van der Waals surface area contributed by atoms with Crippen molar-refractivity contribution >= 4 is 17.7 Å². The molecule has 2 N–H and O–H groups in total. The number of carboxylic acids is 1. The quantitative estimate of drug-likeness (QED) is 0.906. The van der Waals surface area contributed by atoms with Crippen molar-refractivity contribution in [3.05, 3.63) is 42.2 Å². The van der Waals surface area contributed by atoms with Gasteiger partial charge in [-0.3, -0.25) is 4.79 Å². The number of likely N-dealkylation sites (tertiary alicyclic amines) is 1. The van der Waals surface area contributed by atoms with Gasteiger partial charge in [-0.2, -0.15) is 5.10 Å². The average molecular weight is 328 g/mol. The second-order valence-corrected chi connectivity index (χ2v) is 6.42. The number of nitrogens with one attached hydrogen (secondary N) is 1. The number of benzene rings is 1. The Morgan fingerprint density at radius 2 is 1.96 bits per heavy atom. The van der Waals surface area contributed by atoms with Gasteiger partial charge in [0.15, 0.2) is 0 Å². The molecule has 24 heavy (non-hydrogen) atoms. The van der Waals surface area contributed by atoms with Crippen molar-refractivity contribution in [1.82, 2.24) is 14.7 Å². The summed E-state index contributed by atoms with van der Waals surface area (Å²) in [6.07, 6.45) is 2.34. The zero-order valence-electron chi connectivity index (χ0n) is 13.7. The summed E-state index contributed by atoms with van der Waals surface area (Å²) in [6, 6.07) is 8.99. The lowest BCUT2D eigenvalue weighted by Gasteiger charge is -2.20. The van der Waals surface area contributed by atoms with Gasteiger partial charge in [-0.25, -0.2) is 9.48 Å². The van der Waals surface area contributed by atoms with E-state index in [1.54, 1.807) is 28.6 Å². The van der Waals surface area contributed by atoms with Crippen LogP contribution < -0.4 is 5.32 Å². The fourth-order valence-electron chi connectivity index (χ4n) is 2.77. The van der Waals surface area contributed by atoms with Gasteiger partial charge < -0.3 is 15.3 Å². The van der Waals surface area contributed by atoms with Crippen LogP contribution in [0.2, 0.25) is 0 Å². The molecule has 0 bridgehead atoms. The minimum atomic E-state index is -0.864. The molecule has 1 aliphatic heterocycles. The lowest BCUT2D eigenvalue weighted by molar-refractivity contribution is -0.146. The first-order valence-electron chi connectivity index (χ1n) is 7.79. The predicted octanol–water partition coefficient (Wildman–Crippen LogP) is 2.51. The first kappa shape index (κ1) is 16.0. The lowest BCUT2D eigenvalue weighted by atomic mass is 9.90. The molecule has 1 fully saturated rings. The van der Waals surface area contributed by atoms with Gasteiger partial charge in [-0.1, -0.05) is 0 Å². The molecule has 1 unspecified atom stereocenters. The Labute approximate surface area is 139 Å². The summed E-state index contributed by atoms with van der Waals surface area (Å²) in [6.45, 7) is 4.26. The SMILES string of the molecule is Cc1ccn(-c2ccc(NC(=O)N3CCC(C)(C(=O)O)C3)cc2)n1. The number of hydrogen-bond acceptors (Lipinski definition) is 3. The number of amides is 2. The fourth-order valence-corrected chi connectivity index (χ4v) is 2.77. The number of urea groups is 1. The molecule has 2 amide bonds. The Morgan fingerprint density at radius 3 is 2.50 bits per heavy atom. The Hall–Kier alpha value is -2.83. The van der Waals surface area contributed by atoms with Gasteiger partial charge in [0.05, 0.1) is 16.8 Å². The van der Waals surface area contributed by atoms with Crippen molar-refractivity contribution in [2.24, 2.45) is 5.41 Å². The smallest absolute Gasteiger partial charge is 0.321 e. The average Bonchev–Trinajstić information content (AvgIpc) is 3.15. The highest BCUT2D eigenvalue weighted by Gasteiger charge is 2.42. The number of carbonyl (C=O) groups excluding carboxylic acids is 1. The number of carboxylic acid groups (broad SMARTS) is 1. The third-order valence-corrected chi connectivity index (χ3v) is 4.38. The molecular weight excluding hydrogens is 308 g/mol. The van der Waals surface area contributed by atoms with E-state index in [-0.39, 0.29) is 12.6 Å². The summed E-state index contributed by atoms with van der Waals surface area (Å²) < 4.78 is 1.76. The number of aromatic nitrogens is 2. The molecule has 0 spiro atoms. The summed E-state index contributed by atoms with van der Waals surface area (Å²) >= 11 is 0. The maximum Gasteiger partial charge on any atom is 0.321 e. The van der Waals surface area contributed by atoms with Crippen molar-refractivity contribution in [3.8, 4) is 5.69 Å². The minimum Gasteiger partial charge on any atom is -0.481 e. The highest BCUT2D eigenvalue weighted by molar-refractivity contribution is 5.90. The van der Waals surface area contributed by atoms with Gasteiger partial charge >= 0.3 is 12.0 Å². The number of carbonyl (C=O) groups is 2. The van der Waals surface area contributed by atoms with Crippen LogP contribution in [0.5, 0.6) is 0 Å². The van der Waals surface area contributed by atoms with Crippen LogP contribution in [0, 0.1) is 12.3 Å². The monoisotopic (exact) mass is 328 g/mol. The van der Waals surface area contributed by atoms with Crippen molar-refractivity contribution in [2.75, 3.05) is 18.4 Å². The summed E-state index contributed by atoms with van der Waals surface area (Å²) in [7, 11) is 0. The van der Waals surface area contributed by atoms with E-state index in [9.17, 15) is 14.7 Å². The zero-order valence-corrected chi connectivity index (χ0v) is 13.7. The molecule has 2 aromatic rings. The third kappa shape index (κ3) is 3.10. The molecule has 3 rings (SSSR count). The van der Waals surface area contributed by atoms with E-state index in [2.05, 4.69) is 10.4 Å². The summed E-state index contributed by atoms with van der Waals surface area (Å²) in [5.74, 6) is -0.864. The molecule has 1 atom stereocenters. The normalized spacial score (nSPS) is 20.2. The van der Waals surface area contributed by atoms with E-state index in [1.165, 1.54) is 0 Å². The highest BCUT2D eigenvalue weighted by atomic mass is 16.4. The lowest BCUT2D eigenvalue weighted by Crippen LogP contribution is -2.37. The zero-order chi connectivity index (χ0) is 17.3. The second-order valence-electron chi connectivity index (χ2n) is 6.42. The van der Waals surface area contributed by atoms with E-state index < -0.39 is 11.4 Å². The first-order valence-corrected chi connectivity index (χ1v) is 7.79. The van der Waals surface area contributed by atoms with Gasteiger partial charge in [0, 0.05) is 25.0 Å². The van der Waals surface area contributed by atoms with Crippen molar-refractivity contribution in [3.63, 3.8) is 0 Å². The van der Waals surface area contributed by atoms with E-state index in [4.69, 9.17) is 0 Å². The standard InChI is InChI=1S/C17H20N4O3/c1-12-7-9-21(19-12)14-5-3-13(4-6-14)18-16(24)20-10-8-17(2,11-20)15(22)23/h3-7,9H,8,10-11H2,1-2H3,(H,18,24)(H,22,23). The number of aryl methyl sites for hydroxylation is 1. The largest absolute Gasteiger partial charge is 0.481 e. The van der Waals surface area contributed by atoms with Gasteiger partial charge in [-0.15, -0.1) is 0 Å². The number of hydrogen-bond donors (Lipinski definition) is 2. The number of nitrogens with zero attached hydrogens (tertiary/aromatic N) is 3. The molecule has 1 aliphatic rings. The van der Waals surface area contributed by atoms with Crippen molar-refractivity contribution in [2.45, 2.75) is 20.3 Å². The molecule has 0 saturated carbocycles. The Balaban J connectivity index is 1.64. The number of aliphatic carboxylic acids is 1. The highest BCUT2D eigenvalue weighted by Crippen LogP contribution is 2.30. The Morgan fingerprint density at radius 1 is 1.25 bits per heavy atom. The third-order valence-electron chi connectivity index (χ3n) is 4.38. The molecule has 7 nitrogen and oxygen atoms in total. The molecule has 126 valence electrons. The summed E-state index contributed by atoms with van der Waals surface area (Å²) in [5.41, 5.74) is 1.64. The van der Waals surface area contributed by atoms with Crippen LogP contribution in [0.1, 0.15) is 19.0 Å². The summed E-state index contributed by atoms with van der Waals surface area (Å²) in [4.78, 5) is 25.1. The van der Waals surface area contributed by atoms with Gasteiger partial charge in [-0.05, 0) is 50.6 Å². The van der Waals surface area contributed by atoms with E-state index in [0.717, 1.165) is 11.4 Å². The fraction of sp³-hybridized carbons (Fsp3) is 0.353. The van der Waals surface area contributed by atoms with Crippen LogP contribution in [0.15, 0.2) is 36.5 Å². The molecule has 1 aromatic heterocycles. The van der Waals surface area contributed by atoms with Gasteiger partial charge in [0.2, 0.25) is 0 Å². The van der Waals surface area contributed by atoms with E-state index in [1.807, 2.05) is 31.3 Å². The van der Waals surface area contributed by atoms with Crippen LogP contribution in [0.3, 0.4) is 0 Å². The molecule has 7 heteroatoms. The Bertz CT molecular complexity index is 768. The van der Waals surface area contributed by atoms with E-state index >= 15 is 0 Å². The maximum atomic E-state index is 12.3. The Kier molecular flexibility index (Phi) is 4.01. The van der Waals surface area contributed by atoms with Crippen LogP contribution in [0.25, 0.3) is 5.69 Å². The molecule has 0 radical (unpaired) electrons. The van der Waals surface area contributed by atoms with Gasteiger partial charge in [0.1, 0.15) is 0 Å². The van der Waals surface area contributed by atoms with Crippen LogP contribution in [-0.4, -0.2) is 44.9 Å². The molecule has 1 saturated heterocycles. The van der Waals surface area contributed by atoms with Gasteiger partial charge in [0.25, 0.3) is 0 Å². The predicted molar refractivity (Wildman–Crippen MR) is 89.3 cm³/mol. The molecule has 2 heterocycles. The minimum absolute atomic E-state index is 0.221. The van der Waals surface area contributed by atoms with Crippen LogP contribution in [0.4, 0.5) is 10.5 Å². The maximum absolute atomic E-state index is 12.3. The van der Waals surface area contributed by atoms with Crippen molar-refractivity contribution in [1.29, 1.82) is 0 Å². The first-order chi connectivity index (χ1) is 11.4. The molecular formula is C17H20N4O3. The number of rotatable bonds is 3. The van der Waals surface area contributed by atoms with E-state index in [0.29, 0.717) is 18.7 Å². The molecule has 0 aliphatic carbocycles. The summed E-state index contributed by atoms with van der Waals surface area (Å²) in [5, 5.41) is 16.4. The van der Waals surface area contributed by atoms with Crippen LogP contribution in [-0.2, 0) is 4.79 Å². The van der Waals surface area contributed by atoms with Crippen LogP contribution >= 0.6 is 0 Å². The topological polar surface area (TPSA) is 87.5 Å². The molecule has 1 aromatic carbocycles. The number of anilines is 1. The van der Waals surface area contributed by atoms with Crippen molar-refractivity contribution < 1.29 is 14.7 Å².